The molecule has 1 heterocycles. The molecule has 0 atom stereocenters. The molecule has 67 heavy (non-hydrogen) atoms. The van der Waals surface area contributed by atoms with Gasteiger partial charge in [-0.1, -0.05) is 197 Å². The number of hydrogen-bond acceptors (Lipinski definition) is 2. The second-order valence-electron chi connectivity index (χ2n) is 19.8. The van der Waals surface area contributed by atoms with Gasteiger partial charge < -0.3 is 10.2 Å². The topological polar surface area (TPSA) is 15.3 Å². The highest BCUT2D eigenvalue weighted by Crippen LogP contribution is 2.54. The number of hydrogen-bond donors (Lipinski definition) is 1. The van der Waals surface area contributed by atoms with Crippen molar-refractivity contribution in [2.45, 2.75) is 38.5 Å². The third-order valence-corrected chi connectivity index (χ3v) is 15.3. The largest absolute Gasteiger partial charge is 0.355 e. The standard InChI is InChI=1S/C64H49BN2/c1-63(2)53-25-15-13-23-48(53)50-33-32-46(37-55(50)63)67-59-39-56-51(49-24-14-16-26-54(49)64(56,3)4)38-57(59)65-62-52(35-44(36-60(62)67)41-19-9-6-10-20-41)61-47-22-12-11-21-43(47)29-34-58(61)66-45-30-27-42(28-31-45)40-17-7-5-8-18-40/h5-39,65-66H,1-4H3. The van der Waals surface area contributed by atoms with Gasteiger partial charge in [0.2, 0.25) is 0 Å². The Morgan fingerprint density at radius 2 is 0.985 bits per heavy atom. The molecular formula is C64H49BN2. The number of anilines is 5. The highest BCUT2D eigenvalue weighted by Gasteiger charge is 2.40. The summed E-state index contributed by atoms with van der Waals surface area (Å²) in [7, 11) is 0.789. The third-order valence-electron chi connectivity index (χ3n) is 15.3. The van der Waals surface area contributed by atoms with Gasteiger partial charge in [-0.25, -0.2) is 0 Å². The van der Waals surface area contributed by atoms with Gasteiger partial charge in [0, 0.05) is 44.8 Å². The number of fused-ring (bicyclic) bond motifs is 9. The summed E-state index contributed by atoms with van der Waals surface area (Å²) in [6.45, 7) is 9.58. The first-order valence-corrected chi connectivity index (χ1v) is 23.7. The predicted octanol–water partition coefficient (Wildman–Crippen LogP) is 15.4. The summed E-state index contributed by atoms with van der Waals surface area (Å²) < 4.78 is 0. The minimum Gasteiger partial charge on any atom is -0.355 e. The van der Waals surface area contributed by atoms with E-state index in [0.717, 1.165) is 18.7 Å². The maximum atomic E-state index is 3.96. The van der Waals surface area contributed by atoms with Crippen molar-refractivity contribution in [2.24, 2.45) is 0 Å². The highest BCUT2D eigenvalue weighted by atomic mass is 15.2. The summed E-state index contributed by atoms with van der Waals surface area (Å²) in [6, 6.07) is 79.2. The van der Waals surface area contributed by atoms with E-state index in [1.165, 1.54) is 117 Å². The molecule has 3 aliphatic rings. The lowest BCUT2D eigenvalue weighted by molar-refractivity contribution is 0.660. The van der Waals surface area contributed by atoms with Gasteiger partial charge in [-0.2, -0.15) is 0 Å². The van der Waals surface area contributed by atoms with Crippen LogP contribution in [0, 0.1) is 0 Å². The molecule has 0 saturated heterocycles. The predicted molar refractivity (Wildman–Crippen MR) is 286 cm³/mol. The van der Waals surface area contributed by atoms with Gasteiger partial charge in [0.15, 0.2) is 7.28 Å². The Morgan fingerprint density at radius 3 is 1.70 bits per heavy atom. The van der Waals surface area contributed by atoms with Crippen LogP contribution in [0.25, 0.3) is 66.4 Å². The van der Waals surface area contributed by atoms with Crippen LogP contribution in [0.15, 0.2) is 212 Å². The van der Waals surface area contributed by atoms with Crippen LogP contribution in [0.2, 0.25) is 0 Å². The van der Waals surface area contributed by atoms with E-state index >= 15 is 0 Å². The van der Waals surface area contributed by atoms with Crippen LogP contribution in [0.3, 0.4) is 0 Å². The molecule has 3 heteroatoms. The van der Waals surface area contributed by atoms with E-state index in [-0.39, 0.29) is 10.8 Å². The Hall–Kier alpha value is -7.88. The molecule has 0 fully saturated rings. The molecule has 0 amide bonds. The van der Waals surface area contributed by atoms with E-state index in [4.69, 9.17) is 0 Å². The molecule has 10 aromatic carbocycles. The van der Waals surface area contributed by atoms with Crippen molar-refractivity contribution in [3.63, 3.8) is 0 Å². The van der Waals surface area contributed by atoms with Crippen LogP contribution in [0.5, 0.6) is 0 Å². The molecule has 0 bridgehead atoms. The molecule has 0 saturated carbocycles. The fourth-order valence-corrected chi connectivity index (χ4v) is 11.8. The summed E-state index contributed by atoms with van der Waals surface area (Å²) in [5, 5.41) is 6.39. The van der Waals surface area contributed by atoms with Crippen LogP contribution in [-0.2, 0) is 10.8 Å². The molecule has 1 N–H and O–H groups in total. The van der Waals surface area contributed by atoms with E-state index in [0.29, 0.717) is 0 Å². The van der Waals surface area contributed by atoms with Crippen molar-refractivity contribution in [2.75, 3.05) is 10.2 Å². The summed E-state index contributed by atoms with van der Waals surface area (Å²) >= 11 is 0. The van der Waals surface area contributed by atoms with Gasteiger partial charge >= 0.3 is 0 Å². The number of rotatable bonds is 6. The van der Waals surface area contributed by atoms with Crippen molar-refractivity contribution < 1.29 is 0 Å². The van der Waals surface area contributed by atoms with Crippen molar-refractivity contribution in [3.05, 3.63) is 235 Å². The van der Waals surface area contributed by atoms with Crippen LogP contribution in [0.4, 0.5) is 28.4 Å². The maximum absolute atomic E-state index is 3.96. The fraction of sp³-hybridized carbons (Fsp3) is 0.0938. The Labute approximate surface area is 394 Å². The van der Waals surface area contributed by atoms with Crippen molar-refractivity contribution in [1.29, 1.82) is 0 Å². The van der Waals surface area contributed by atoms with Crippen molar-refractivity contribution in [1.82, 2.24) is 0 Å². The molecule has 2 aliphatic carbocycles. The highest BCUT2D eigenvalue weighted by molar-refractivity contribution is 6.73. The monoisotopic (exact) mass is 856 g/mol. The van der Waals surface area contributed by atoms with Gasteiger partial charge in [-0.15, -0.1) is 0 Å². The smallest absolute Gasteiger partial charge is 0.198 e. The minimum atomic E-state index is -0.148. The van der Waals surface area contributed by atoms with Crippen LogP contribution in [-0.4, -0.2) is 7.28 Å². The molecule has 13 rings (SSSR count). The molecule has 0 unspecified atom stereocenters. The number of nitrogens with one attached hydrogen (secondary N) is 1. The quantitative estimate of drug-likeness (QED) is 0.168. The molecule has 318 valence electrons. The summed E-state index contributed by atoms with van der Waals surface area (Å²) in [5.41, 5.74) is 26.3. The minimum absolute atomic E-state index is 0.144. The zero-order valence-corrected chi connectivity index (χ0v) is 38.4. The van der Waals surface area contributed by atoms with E-state index in [1.54, 1.807) is 0 Å². The van der Waals surface area contributed by atoms with Crippen LogP contribution in [0.1, 0.15) is 49.9 Å². The number of nitrogens with zero attached hydrogens (tertiary/aromatic N) is 1. The number of benzene rings is 10. The first-order valence-electron chi connectivity index (χ1n) is 23.7. The molecule has 0 spiro atoms. The SMILES string of the molecule is CC1(C)c2ccccc2-c2ccc(N3c4cc5c(cc4Bc4c(-c6c(Nc7ccc(-c8ccccc8)cc7)ccc7ccccc67)cc(-c6ccccc6)cc43)-c3ccccc3C5(C)C)cc21. The normalized spacial score (nSPS) is 14.3. The van der Waals surface area contributed by atoms with Gasteiger partial charge in [-0.3, -0.25) is 0 Å². The van der Waals surface area contributed by atoms with Gasteiger partial charge in [-0.05, 0) is 137 Å². The van der Waals surface area contributed by atoms with Gasteiger partial charge in [0.25, 0.3) is 0 Å². The van der Waals surface area contributed by atoms with E-state index in [9.17, 15) is 0 Å². The molecule has 0 radical (unpaired) electrons. The van der Waals surface area contributed by atoms with E-state index in [2.05, 4.69) is 250 Å². The van der Waals surface area contributed by atoms with E-state index < -0.39 is 0 Å². The van der Waals surface area contributed by atoms with Crippen molar-refractivity contribution >= 4 is 57.4 Å². The first kappa shape index (κ1) is 39.5. The Morgan fingerprint density at radius 1 is 0.403 bits per heavy atom. The lowest BCUT2D eigenvalue weighted by Crippen LogP contribution is -2.41. The Balaban J connectivity index is 1.07. The van der Waals surface area contributed by atoms with Crippen molar-refractivity contribution in [3.8, 4) is 55.6 Å². The summed E-state index contributed by atoms with van der Waals surface area (Å²) in [5.74, 6) is 0. The molecule has 10 aromatic rings. The summed E-state index contributed by atoms with van der Waals surface area (Å²) in [4.78, 5) is 2.61. The third kappa shape index (κ3) is 6.11. The average molecular weight is 857 g/mol. The second-order valence-corrected chi connectivity index (χ2v) is 19.8. The average Bonchev–Trinajstić information content (AvgIpc) is 3.74. The van der Waals surface area contributed by atoms with E-state index in [1.807, 2.05) is 0 Å². The zero-order valence-electron chi connectivity index (χ0n) is 38.4. The zero-order chi connectivity index (χ0) is 45.0. The molecule has 1 aliphatic heterocycles. The molecule has 0 aromatic heterocycles. The fourth-order valence-electron chi connectivity index (χ4n) is 11.8. The Kier molecular flexibility index (Phi) is 8.74. The summed E-state index contributed by atoms with van der Waals surface area (Å²) in [6.07, 6.45) is 0. The van der Waals surface area contributed by atoms with Crippen LogP contribution >= 0.6 is 0 Å². The van der Waals surface area contributed by atoms with Gasteiger partial charge in [0.05, 0.1) is 0 Å². The lowest BCUT2D eigenvalue weighted by atomic mass is 9.57. The lowest BCUT2D eigenvalue weighted by Gasteiger charge is -2.37. The molecule has 2 nitrogen and oxygen atoms in total. The Bertz CT molecular complexity index is 3620. The van der Waals surface area contributed by atoms with Gasteiger partial charge in [0.1, 0.15) is 0 Å². The molecular weight excluding hydrogens is 808 g/mol. The maximum Gasteiger partial charge on any atom is 0.198 e. The second kappa shape index (κ2) is 14.8. The first-order chi connectivity index (χ1) is 32.7. The van der Waals surface area contributed by atoms with Crippen LogP contribution < -0.4 is 21.1 Å².